The summed E-state index contributed by atoms with van der Waals surface area (Å²) >= 11 is 1.96. The number of aryl methyl sites for hydroxylation is 3. The molecular weight excluding hydrogens is 367 g/mol. The van der Waals surface area contributed by atoms with Crippen LogP contribution in [-0.2, 0) is 6.54 Å². The van der Waals surface area contributed by atoms with Crippen LogP contribution in [0.15, 0.2) is 29.3 Å². The van der Waals surface area contributed by atoms with Crippen LogP contribution in [0.1, 0.15) is 27.2 Å². The molecule has 0 spiro atoms. The molecule has 0 unspecified atom stereocenters. The molecule has 1 heterocycles. The first kappa shape index (κ1) is 14.9. The molecule has 2 rings (SSSR count). The van der Waals surface area contributed by atoms with E-state index in [1.807, 2.05) is 48.6 Å². The standard InChI is InChI=1S/C15H15IN2O2/c1-9-4-5-12(6-10(9)2)13(19)7-18-8-17-11(3)14(16)15(18)20/h4-6,8H,7H2,1-3H3. The maximum absolute atomic E-state index is 12.2. The third-order valence-electron chi connectivity index (χ3n) is 3.30. The maximum Gasteiger partial charge on any atom is 0.267 e. The summed E-state index contributed by atoms with van der Waals surface area (Å²) in [4.78, 5) is 28.4. The van der Waals surface area contributed by atoms with E-state index in [4.69, 9.17) is 0 Å². The Hall–Kier alpha value is -1.50. The molecule has 4 nitrogen and oxygen atoms in total. The van der Waals surface area contributed by atoms with Gasteiger partial charge in [0, 0.05) is 5.56 Å². The largest absolute Gasteiger partial charge is 0.292 e. The second-order valence-corrected chi connectivity index (χ2v) is 5.88. The van der Waals surface area contributed by atoms with Crippen molar-refractivity contribution in [2.24, 2.45) is 0 Å². The van der Waals surface area contributed by atoms with Crippen molar-refractivity contribution in [3.63, 3.8) is 0 Å². The Balaban J connectivity index is 2.30. The van der Waals surface area contributed by atoms with Gasteiger partial charge in [0.25, 0.3) is 5.56 Å². The van der Waals surface area contributed by atoms with Crippen molar-refractivity contribution in [1.29, 1.82) is 0 Å². The molecule has 0 saturated carbocycles. The third-order valence-corrected chi connectivity index (χ3v) is 4.54. The first-order valence-corrected chi connectivity index (χ1v) is 7.30. The van der Waals surface area contributed by atoms with Crippen LogP contribution in [0.5, 0.6) is 0 Å². The van der Waals surface area contributed by atoms with E-state index in [0.717, 1.165) is 11.1 Å². The number of nitrogens with zero attached hydrogens (tertiary/aromatic N) is 2. The van der Waals surface area contributed by atoms with Crippen molar-refractivity contribution in [3.05, 3.63) is 60.8 Å². The van der Waals surface area contributed by atoms with E-state index in [-0.39, 0.29) is 17.9 Å². The molecule has 5 heteroatoms. The topological polar surface area (TPSA) is 52.0 Å². The highest BCUT2D eigenvalue weighted by Gasteiger charge is 2.11. The van der Waals surface area contributed by atoms with Gasteiger partial charge in [0.15, 0.2) is 5.78 Å². The number of benzene rings is 1. The third kappa shape index (κ3) is 2.98. The molecule has 0 amide bonds. The lowest BCUT2D eigenvalue weighted by Crippen LogP contribution is -2.27. The average Bonchev–Trinajstić information content (AvgIpc) is 2.42. The number of aromatic nitrogens is 2. The van der Waals surface area contributed by atoms with Crippen LogP contribution >= 0.6 is 22.6 Å². The Kier molecular flexibility index (Phi) is 4.37. The molecule has 0 aliphatic carbocycles. The number of hydrogen-bond acceptors (Lipinski definition) is 3. The first-order chi connectivity index (χ1) is 9.40. The molecule has 0 fully saturated rings. The van der Waals surface area contributed by atoms with Crippen LogP contribution in [0.25, 0.3) is 0 Å². The number of ketones is 1. The number of carbonyl (C=O) groups is 1. The predicted molar refractivity (Wildman–Crippen MR) is 86.2 cm³/mol. The molecule has 20 heavy (non-hydrogen) atoms. The van der Waals surface area contributed by atoms with Crippen molar-refractivity contribution in [1.82, 2.24) is 9.55 Å². The average molecular weight is 382 g/mol. The highest BCUT2D eigenvalue weighted by atomic mass is 127. The van der Waals surface area contributed by atoms with Gasteiger partial charge in [-0.2, -0.15) is 0 Å². The fraction of sp³-hybridized carbons (Fsp3) is 0.267. The zero-order valence-electron chi connectivity index (χ0n) is 11.6. The summed E-state index contributed by atoms with van der Waals surface area (Å²) in [5, 5.41) is 0. The number of halogens is 1. The maximum atomic E-state index is 12.2. The van der Waals surface area contributed by atoms with Crippen molar-refractivity contribution in [3.8, 4) is 0 Å². The summed E-state index contributed by atoms with van der Waals surface area (Å²) in [6, 6.07) is 5.57. The molecule has 0 aliphatic heterocycles. The number of Topliss-reactive ketones (excluding diaryl/α,β-unsaturated/α-hetero) is 1. The SMILES string of the molecule is Cc1ccc(C(=O)Cn2cnc(C)c(I)c2=O)cc1C. The van der Waals surface area contributed by atoms with Gasteiger partial charge in [0.2, 0.25) is 0 Å². The molecule has 0 aliphatic rings. The zero-order valence-corrected chi connectivity index (χ0v) is 13.8. The molecule has 0 N–H and O–H groups in total. The molecule has 0 radical (unpaired) electrons. The van der Waals surface area contributed by atoms with Crippen LogP contribution in [0.3, 0.4) is 0 Å². The molecule has 1 aromatic heterocycles. The van der Waals surface area contributed by atoms with Gasteiger partial charge in [-0.15, -0.1) is 0 Å². The molecule has 2 aromatic rings. The molecular formula is C15H15IN2O2. The van der Waals surface area contributed by atoms with Gasteiger partial charge in [-0.25, -0.2) is 4.98 Å². The lowest BCUT2D eigenvalue weighted by Gasteiger charge is -2.08. The van der Waals surface area contributed by atoms with Gasteiger partial charge in [-0.05, 0) is 60.6 Å². The van der Waals surface area contributed by atoms with Gasteiger partial charge in [0.1, 0.15) is 0 Å². The normalized spacial score (nSPS) is 10.6. The van der Waals surface area contributed by atoms with Crippen LogP contribution in [0.4, 0.5) is 0 Å². The Labute approximate surface area is 131 Å². The van der Waals surface area contributed by atoms with Gasteiger partial charge in [0.05, 0.1) is 22.1 Å². The second-order valence-electron chi connectivity index (χ2n) is 4.80. The predicted octanol–water partition coefficient (Wildman–Crippen LogP) is 2.66. The van der Waals surface area contributed by atoms with E-state index < -0.39 is 0 Å². The monoisotopic (exact) mass is 382 g/mol. The van der Waals surface area contributed by atoms with Crippen molar-refractivity contribution in [2.45, 2.75) is 27.3 Å². The molecule has 104 valence electrons. The van der Waals surface area contributed by atoms with Gasteiger partial charge in [-0.3, -0.25) is 14.2 Å². The van der Waals surface area contributed by atoms with Crippen molar-refractivity contribution in [2.75, 3.05) is 0 Å². The molecule has 0 atom stereocenters. The number of carbonyl (C=O) groups excluding carboxylic acids is 1. The number of hydrogen-bond donors (Lipinski definition) is 0. The van der Waals surface area contributed by atoms with Gasteiger partial charge >= 0.3 is 0 Å². The first-order valence-electron chi connectivity index (χ1n) is 6.22. The van der Waals surface area contributed by atoms with Gasteiger partial charge < -0.3 is 0 Å². The number of rotatable bonds is 3. The lowest BCUT2D eigenvalue weighted by molar-refractivity contribution is 0.0970. The van der Waals surface area contributed by atoms with E-state index in [1.54, 1.807) is 13.0 Å². The smallest absolute Gasteiger partial charge is 0.267 e. The summed E-state index contributed by atoms with van der Waals surface area (Å²) in [5.41, 5.74) is 3.35. The van der Waals surface area contributed by atoms with E-state index in [1.165, 1.54) is 10.9 Å². The molecule has 0 bridgehead atoms. The highest BCUT2D eigenvalue weighted by Crippen LogP contribution is 2.11. The van der Waals surface area contributed by atoms with Crippen molar-refractivity contribution < 1.29 is 4.79 Å². The Morgan fingerprint density at radius 3 is 2.60 bits per heavy atom. The molecule has 1 aromatic carbocycles. The van der Waals surface area contributed by atoms with E-state index in [9.17, 15) is 9.59 Å². The quantitative estimate of drug-likeness (QED) is 0.606. The fourth-order valence-electron chi connectivity index (χ4n) is 1.82. The minimum atomic E-state index is -0.171. The van der Waals surface area contributed by atoms with E-state index in [0.29, 0.717) is 14.8 Å². The summed E-state index contributed by atoms with van der Waals surface area (Å²) in [5.74, 6) is -0.0864. The van der Waals surface area contributed by atoms with Crippen LogP contribution < -0.4 is 5.56 Å². The minimum Gasteiger partial charge on any atom is -0.292 e. The van der Waals surface area contributed by atoms with E-state index >= 15 is 0 Å². The fourth-order valence-corrected chi connectivity index (χ4v) is 2.27. The Morgan fingerprint density at radius 1 is 1.25 bits per heavy atom. The zero-order chi connectivity index (χ0) is 14.9. The van der Waals surface area contributed by atoms with Gasteiger partial charge in [-0.1, -0.05) is 12.1 Å². The summed E-state index contributed by atoms with van der Waals surface area (Å²) in [7, 11) is 0. The van der Waals surface area contributed by atoms with Crippen LogP contribution in [0, 0.1) is 24.3 Å². The molecule has 0 saturated heterocycles. The Bertz CT molecular complexity index is 735. The van der Waals surface area contributed by atoms with Crippen molar-refractivity contribution >= 4 is 28.4 Å². The lowest BCUT2D eigenvalue weighted by atomic mass is 10.0. The Morgan fingerprint density at radius 2 is 1.95 bits per heavy atom. The summed E-state index contributed by atoms with van der Waals surface area (Å²) < 4.78 is 1.91. The highest BCUT2D eigenvalue weighted by molar-refractivity contribution is 14.1. The van der Waals surface area contributed by atoms with Crippen LogP contribution in [-0.4, -0.2) is 15.3 Å². The minimum absolute atomic E-state index is 0.0185. The summed E-state index contributed by atoms with van der Waals surface area (Å²) in [6.45, 7) is 5.76. The summed E-state index contributed by atoms with van der Waals surface area (Å²) in [6.07, 6.45) is 1.43. The van der Waals surface area contributed by atoms with Crippen LogP contribution in [0.2, 0.25) is 0 Å². The van der Waals surface area contributed by atoms with E-state index in [2.05, 4.69) is 4.98 Å². The second kappa shape index (κ2) is 5.87.